The van der Waals surface area contributed by atoms with Gasteiger partial charge in [-0.3, -0.25) is 9.59 Å². The Bertz CT molecular complexity index is 444. The van der Waals surface area contributed by atoms with Crippen molar-refractivity contribution < 1.29 is 9.59 Å². The second-order valence-corrected chi connectivity index (χ2v) is 5.29. The zero-order valence-corrected chi connectivity index (χ0v) is 12.2. The molecule has 0 unspecified atom stereocenters. The summed E-state index contributed by atoms with van der Waals surface area (Å²) in [5.41, 5.74) is 1.59. The number of nitrogens with one attached hydrogen (secondary N) is 2. The number of benzene rings is 1. The number of hydrogen-bond acceptors (Lipinski definition) is 2. The van der Waals surface area contributed by atoms with Gasteiger partial charge < -0.3 is 10.6 Å². The topological polar surface area (TPSA) is 58.2 Å². The predicted molar refractivity (Wildman–Crippen MR) is 75.8 cm³/mol. The quantitative estimate of drug-likeness (QED) is 0.636. The van der Waals surface area contributed by atoms with E-state index in [1.54, 1.807) is 19.9 Å². The van der Waals surface area contributed by atoms with E-state index in [4.69, 9.17) is 0 Å². The fourth-order valence-electron chi connectivity index (χ4n) is 1.27. The molecule has 0 fully saturated rings. The summed E-state index contributed by atoms with van der Waals surface area (Å²) in [5.74, 6) is -1.25. The van der Waals surface area contributed by atoms with Crippen LogP contribution in [0.3, 0.4) is 0 Å². The fourth-order valence-corrected chi connectivity index (χ4v) is 1.92. The van der Waals surface area contributed by atoms with Crippen LogP contribution in [0.25, 0.3) is 0 Å². The monoisotopic (exact) mass is 346 g/mol. The Morgan fingerprint density at radius 3 is 2.41 bits per heavy atom. The number of anilines is 1. The van der Waals surface area contributed by atoms with Crippen molar-refractivity contribution in [1.29, 1.82) is 0 Å². The highest BCUT2D eigenvalue weighted by atomic mass is 127. The minimum Gasteiger partial charge on any atom is -0.346 e. The number of carbonyl (C=O) groups is 2. The van der Waals surface area contributed by atoms with Crippen molar-refractivity contribution in [2.24, 2.45) is 0 Å². The van der Waals surface area contributed by atoms with E-state index in [1.807, 2.05) is 19.1 Å². The van der Waals surface area contributed by atoms with E-state index in [2.05, 4.69) is 33.2 Å². The highest BCUT2D eigenvalue weighted by molar-refractivity contribution is 14.1. The van der Waals surface area contributed by atoms with Gasteiger partial charge in [0.05, 0.1) is 0 Å². The van der Waals surface area contributed by atoms with Crippen LogP contribution in [0, 0.1) is 10.5 Å². The van der Waals surface area contributed by atoms with Crippen molar-refractivity contribution in [2.45, 2.75) is 26.8 Å². The van der Waals surface area contributed by atoms with Gasteiger partial charge in [-0.1, -0.05) is 0 Å². The molecule has 5 heteroatoms. The van der Waals surface area contributed by atoms with E-state index in [9.17, 15) is 9.59 Å². The Labute approximate surface area is 114 Å². The van der Waals surface area contributed by atoms with Gasteiger partial charge in [0.25, 0.3) is 0 Å². The molecule has 0 spiro atoms. The number of amides is 2. The summed E-state index contributed by atoms with van der Waals surface area (Å²) < 4.78 is 1.09. The smallest absolute Gasteiger partial charge is 0.313 e. The van der Waals surface area contributed by atoms with Crippen LogP contribution in [0.5, 0.6) is 0 Å². The lowest BCUT2D eigenvalue weighted by molar-refractivity contribution is -0.136. The van der Waals surface area contributed by atoms with Gasteiger partial charge >= 0.3 is 11.8 Å². The van der Waals surface area contributed by atoms with Crippen LogP contribution in [0.15, 0.2) is 18.2 Å². The number of carbonyl (C=O) groups excluding carboxylic acids is 2. The highest BCUT2D eigenvalue weighted by Crippen LogP contribution is 2.17. The molecule has 0 aliphatic rings. The summed E-state index contributed by atoms with van der Waals surface area (Å²) in [5, 5.41) is 5.13. The summed E-state index contributed by atoms with van der Waals surface area (Å²) >= 11 is 2.19. The van der Waals surface area contributed by atoms with Crippen LogP contribution < -0.4 is 10.6 Å². The van der Waals surface area contributed by atoms with Gasteiger partial charge in [-0.2, -0.15) is 0 Å². The van der Waals surface area contributed by atoms with E-state index >= 15 is 0 Å². The number of hydrogen-bond donors (Lipinski definition) is 2. The number of aryl methyl sites for hydroxylation is 1. The molecule has 0 heterocycles. The molecule has 0 aliphatic heterocycles. The second kappa shape index (κ2) is 6.00. The molecule has 1 rings (SSSR count). The van der Waals surface area contributed by atoms with Gasteiger partial charge in [-0.05, 0) is 67.1 Å². The van der Waals surface area contributed by atoms with Crippen molar-refractivity contribution >= 4 is 40.1 Å². The van der Waals surface area contributed by atoms with E-state index in [0.29, 0.717) is 5.69 Å². The number of halogens is 1. The fraction of sp³-hybridized carbons (Fsp3) is 0.333. The minimum absolute atomic E-state index is 0.0499. The molecule has 0 saturated heterocycles. The van der Waals surface area contributed by atoms with E-state index < -0.39 is 11.8 Å². The first-order chi connectivity index (χ1) is 7.90. The summed E-state index contributed by atoms with van der Waals surface area (Å²) in [6.45, 7) is 5.50. The molecular formula is C12H15IN2O2. The van der Waals surface area contributed by atoms with Crippen molar-refractivity contribution in [2.75, 3.05) is 5.32 Å². The second-order valence-electron chi connectivity index (χ2n) is 4.04. The molecule has 92 valence electrons. The maximum Gasteiger partial charge on any atom is 0.313 e. The average Bonchev–Trinajstić information content (AvgIpc) is 2.21. The summed E-state index contributed by atoms with van der Waals surface area (Å²) in [6.07, 6.45) is 0. The number of rotatable bonds is 2. The van der Waals surface area contributed by atoms with Gasteiger partial charge in [-0.15, -0.1) is 0 Å². The maximum atomic E-state index is 11.6. The largest absolute Gasteiger partial charge is 0.346 e. The first-order valence-corrected chi connectivity index (χ1v) is 6.36. The minimum atomic E-state index is -0.636. The summed E-state index contributed by atoms with van der Waals surface area (Å²) in [4.78, 5) is 23.0. The third kappa shape index (κ3) is 4.33. The first kappa shape index (κ1) is 14.0. The molecule has 0 aliphatic carbocycles. The summed E-state index contributed by atoms with van der Waals surface area (Å²) in [7, 11) is 0. The molecule has 2 amide bonds. The highest BCUT2D eigenvalue weighted by Gasteiger charge is 2.15. The zero-order chi connectivity index (χ0) is 13.0. The third-order valence-corrected chi connectivity index (χ3v) is 2.73. The molecule has 2 N–H and O–H groups in total. The Kier molecular flexibility index (Phi) is 4.92. The molecular weight excluding hydrogens is 331 g/mol. The van der Waals surface area contributed by atoms with Crippen LogP contribution >= 0.6 is 22.6 Å². The average molecular weight is 346 g/mol. The lowest BCUT2D eigenvalue weighted by Crippen LogP contribution is -2.39. The van der Waals surface area contributed by atoms with Gasteiger partial charge in [0.15, 0.2) is 0 Å². The lowest BCUT2D eigenvalue weighted by Gasteiger charge is -2.10. The molecule has 1 aromatic rings. The van der Waals surface area contributed by atoms with Gasteiger partial charge in [0.2, 0.25) is 0 Å². The van der Waals surface area contributed by atoms with Crippen molar-refractivity contribution in [3.63, 3.8) is 0 Å². The molecule has 0 saturated carbocycles. The predicted octanol–water partition coefficient (Wildman–Crippen LogP) is 2.06. The van der Waals surface area contributed by atoms with Gasteiger partial charge in [0.1, 0.15) is 0 Å². The third-order valence-electron chi connectivity index (χ3n) is 2.06. The Morgan fingerprint density at radius 2 is 1.88 bits per heavy atom. The Morgan fingerprint density at radius 1 is 1.24 bits per heavy atom. The van der Waals surface area contributed by atoms with E-state index in [-0.39, 0.29) is 6.04 Å². The van der Waals surface area contributed by atoms with Gasteiger partial charge in [0, 0.05) is 15.3 Å². The van der Waals surface area contributed by atoms with Crippen LogP contribution in [0.4, 0.5) is 5.69 Å². The molecule has 0 radical (unpaired) electrons. The first-order valence-electron chi connectivity index (χ1n) is 5.28. The summed E-state index contributed by atoms with van der Waals surface area (Å²) in [6, 6.07) is 5.56. The Hall–Kier alpha value is -1.11. The molecule has 1 aromatic carbocycles. The van der Waals surface area contributed by atoms with Crippen molar-refractivity contribution in [1.82, 2.24) is 5.32 Å². The molecule has 0 aromatic heterocycles. The van der Waals surface area contributed by atoms with Crippen LogP contribution in [0.2, 0.25) is 0 Å². The van der Waals surface area contributed by atoms with E-state index in [0.717, 1.165) is 9.13 Å². The van der Waals surface area contributed by atoms with Gasteiger partial charge in [-0.25, -0.2) is 0 Å². The normalized spacial score (nSPS) is 10.2. The molecule has 0 bridgehead atoms. The maximum absolute atomic E-state index is 11.6. The molecule has 17 heavy (non-hydrogen) atoms. The van der Waals surface area contributed by atoms with Crippen molar-refractivity contribution in [3.05, 3.63) is 27.3 Å². The standard InChI is InChI=1S/C12H15IN2O2/c1-7(2)14-11(16)12(17)15-10-5-4-9(13)6-8(10)3/h4-7H,1-3H3,(H,14,16)(H,15,17). The molecule has 0 atom stereocenters. The SMILES string of the molecule is Cc1cc(I)ccc1NC(=O)C(=O)NC(C)C. The zero-order valence-electron chi connectivity index (χ0n) is 10.0. The lowest BCUT2D eigenvalue weighted by atomic mass is 10.2. The Balaban J connectivity index is 2.71. The van der Waals surface area contributed by atoms with Crippen LogP contribution in [-0.4, -0.2) is 17.9 Å². The van der Waals surface area contributed by atoms with Crippen LogP contribution in [0.1, 0.15) is 19.4 Å². The van der Waals surface area contributed by atoms with E-state index in [1.165, 1.54) is 0 Å². The van der Waals surface area contributed by atoms with Crippen LogP contribution in [-0.2, 0) is 9.59 Å². The van der Waals surface area contributed by atoms with Crippen molar-refractivity contribution in [3.8, 4) is 0 Å². The molecule has 4 nitrogen and oxygen atoms in total.